The molecule has 1 unspecified atom stereocenters. The Morgan fingerprint density at radius 1 is 1.42 bits per heavy atom. The number of thiophene rings is 1. The zero-order chi connectivity index (χ0) is 14.0. The third kappa shape index (κ3) is 3.59. The van der Waals surface area contributed by atoms with E-state index in [0.29, 0.717) is 6.04 Å². The smallest absolute Gasteiger partial charge is 0.0860 e. The number of hydrogen-bond donors (Lipinski definition) is 1. The van der Waals surface area contributed by atoms with E-state index in [-0.39, 0.29) is 0 Å². The molecule has 2 heterocycles. The minimum Gasteiger partial charge on any atom is -0.308 e. The third-order valence-corrected chi connectivity index (χ3v) is 4.70. The minimum atomic E-state index is 0.421. The number of rotatable bonds is 5. The van der Waals surface area contributed by atoms with E-state index in [9.17, 15) is 0 Å². The zero-order valence-electron chi connectivity index (χ0n) is 11.8. The summed E-state index contributed by atoms with van der Waals surface area (Å²) in [4.78, 5) is 2.79. The largest absolute Gasteiger partial charge is 0.308 e. The Morgan fingerprint density at radius 2 is 2.16 bits per heavy atom. The topological polar surface area (TPSA) is 29.9 Å². The van der Waals surface area contributed by atoms with Crippen molar-refractivity contribution in [3.05, 3.63) is 38.3 Å². The van der Waals surface area contributed by atoms with Gasteiger partial charge in [0.15, 0.2) is 0 Å². The van der Waals surface area contributed by atoms with E-state index >= 15 is 0 Å². The summed E-state index contributed by atoms with van der Waals surface area (Å²) in [5.41, 5.74) is 1.94. The zero-order valence-corrected chi connectivity index (χ0v) is 13.4. The molecular weight excluding hydrogens is 278 g/mol. The molecule has 0 aliphatic rings. The number of nitrogens with one attached hydrogen (secondary N) is 1. The van der Waals surface area contributed by atoms with Gasteiger partial charge >= 0.3 is 0 Å². The molecule has 2 aromatic heterocycles. The summed E-state index contributed by atoms with van der Waals surface area (Å²) in [6.45, 7) is 7.03. The van der Waals surface area contributed by atoms with Gasteiger partial charge in [-0.1, -0.05) is 11.6 Å². The molecule has 0 saturated heterocycles. The van der Waals surface area contributed by atoms with Crippen molar-refractivity contribution in [2.45, 2.75) is 39.8 Å². The van der Waals surface area contributed by atoms with Crippen LogP contribution in [0.15, 0.2) is 12.1 Å². The highest BCUT2D eigenvalue weighted by Crippen LogP contribution is 2.20. The lowest BCUT2D eigenvalue weighted by Gasteiger charge is -2.13. The first kappa shape index (κ1) is 14.6. The van der Waals surface area contributed by atoms with Crippen LogP contribution in [-0.4, -0.2) is 15.8 Å². The molecule has 0 spiro atoms. The highest BCUT2D eigenvalue weighted by Gasteiger charge is 2.12. The van der Waals surface area contributed by atoms with Gasteiger partial charge in [-0.15, -0.1) is 11.3 Å². The molecule has 0 radical (unpaired) electrons. The second kappa shape index (κ2) is 6.07. The summed E-state index contributed by atoms with van der Waals surface area (Å²) in [7, 11) is 1.93. The first-order valence-corrected chi connectivity index (χ1v) is 7.63. The molecule has 1 atom stereocenters. The standard InChI is InChI=1S/C14H20ClN3S/c1-9(7-12-6-5-10(2)19-12)16-8-13-14(15)11(3)17-18(13)4/h5-6,9,16H,7-8H2,1-4H3. The SMILES string of the molecule is Cc1ccc(CC(C)NCc2c(Cl)c(C)nn2C)s1. The second-order valence-corrected chi connectivity index (χ2v) is 6.72. The van der Waals surface area contributed by atoms with Crippen LogP contribution < -0.4 is 5.32 Å². The van der Waals surface area contributed by atoms with Gasteiger partial charge in [0, 0.05) is 29.4 Å². The molecule has 0 bridgehead atoms. The van der Waals surface area contributed by atoms with Crippen LogP contribution in [0.25, 0.3) is 0 Å². The van der Waals surface area contributed by atoms with Gasteiger partial charge in [0.2, 0.25) is 0 Å². The first-order valence-electron chi connectivity index (χ1n) is 6.44. The van der Waals surface area contributed by atoms with Crippen LogP contribution >= 0.6 is 22.9 Å². The molecule has 5 heteroatoms. The number of nitrogens with zero attached hydrogens (tertiary/aromatic N) is 2. The molecule has 0 aliphatic heterocycles. The maximum absolute atomic E-state index is 6.24. The summed E-state index contributed by atoms with van der Waals surface area (Å²) < 4.78 is 1.85. The summed E-state index contributed by atoms with van der Waals surface area (Å²) in [5.74, 6) is 0. The molecule has 1 N–H and O–H groups in total. The van der Waals surface area contributed by atoms with Crippen molar-refractivity contribution in [1.82, 2.24) is 15.1 Å². The average Bonchev–Trinajstić information content (AvgIpc) is 2.83. The lowest BCUT2D eigenvalue weighted by Crippen LogP contribution is -2.28. The molecule has 0 aromatic carbocycles. The van der Waals surface area contributed by atoms with Crippen LogP contribution in [0, 0.1) is 13.8 Å². The van der Waals surface area contributed by atoms with Gasteiger partial charge in [-0.3, -0.25) is 4.68 Å². The molecule has 104 valence electrons. The van der Waals surface area contributed by atoms with Crippen molar-refractivity contribution < 1.29 is 0 Å². The number of hydrogen-bond acceptors (Lipinski definition) is 3. The lowest BCUT2D eigenvalue weighted by molar-refractivity contribution is 0.528. The highest BCUT2D eigenvalue weighted by molar-refractivity contribution is 7.11. The maximum atomic E-state index is 6.24. The van der Waals surface area contributed by atoms with Crippen molar-refractivity contribution in [3.8, 4) is 0 Å². The number of aromatic nitrogens is 2. The van der Waals surface area contributed by atoms with Crippen molar-refractivity contribution in [1.29, 1.82) is 0 Å². The van der Waals surface area contributed by atoms with Crippen LogP contribution in [0.2, 0.25) is 5.02 Å². The summed E-state index contributed by atoms with van der Waals surface area (Å²) in [6, 6.07) is 4.80. The van der Waals surface area contributed by atoms with Crippen LogP contribution in [0.3, 0.4) is 0 Å². The summed E-state index contributed by atoms with van der Waals surface area (Å²) in [6.07, 6.45) is 1.05. The van der Waals surface area contributed by atoms with Crippen LogP contribution in [0.5, 0.6) is 0 Å². The normalized spacial score (nSPS) is 12.9. The van der Waals surface area contributed by atoms with E-state index in [1.807, 2.05) is 30.0 Å². The molecule has 0 amide bonds. The molecular formula is C14H20ClN3S. The average molecular weight is 298 g/mol. The van der Waals surface area contributed by atoms with Crippen molar-refractivity contribution in [2.24, 2.45) is 7.05 Å². The van der Waals surface area contributed by atoms with Gasteiger partial charge in [0.1, 0.15) is 0 Å². The summed E-state index contributed by atoms with van der Waals surface area (Å²) in [5, 5.41) is 8.61. The molecule has 2 rings (SSSR count). The van der Waals surface area contributed by atoms with E-state index in [1.54, 1.807) is 0 Å². The quantitative estimate of drug-likeness (QED) is 0.916. The van der Waals surface area contributed by atoms with E-state index < -0.39 is 0 Å². The fraction of sp³-hybridized carbons (Fsp3) is 0.500. The molecule has 0 saturated carbocycles. The van der Waals surface area contributed by atoms with Gasteiger partial charge in [-0.2, -0.15) is 5.10 Å². The van der Waals surface area contributed by atoms with Crippen molar-refractivity contribution in [2.75, 3.05) is 0 Å². The Hall–Kier alpha value is -0.840. The monoisotopic (exact) mass is 297 g/mol. The highest BCUT2D eigenvalue weighted by atomic mass is 35.5. The maximum Gasteiger partial charge on any atom is 0.0860 e. The Bertz CT molecular complexity index is 559. The predicted octanol–water partition coefficient (Wildman–Crippen LogP) is 3.47. The van der Waals surface area contributed by atoms with Gasteiger partial charge in [0.05, 0.1) is 16.4 Å². The molecule has 3 nitrogen and oxygen atoms in total. The number of halogens is 1. The van der Waals surface area contributed by atoms with Gasteiger partial charge < -0.3 is 5.32 Å². The lowest BCUT2D eigenvalue weighted by atomic mass is 10.2. The van der Waals surface area contributed by atoms with Crippen molar-refractivity contribution >= 4 is 22.9 Å². The predicted molar refractivity (Wildman–Crippen MR) is 82.0 cm³/mol. The van der Waals surface area contributed by atoms with Gasteiger partial charge in [-0.25, -0.2) is 0 Å². The number of aryl methyl sites for hydroxylation is 3. The Kier molecular flexibility index (Phi) is 4.66. The van der Waals surface area contributed by atoms with Crippen molar-refractivity contribution in [3.63, 3.8) is 0 Å². The van der Waals surface area contributed by atoms with E-state index in [4.69, 9.17) is 11.6 Å². The Morgan fingerprint density at radius 3 is 2.68 bits per heavy atom. The molecule has 0 fully saturated rings. The molecule has 19 heavy (non-hydrogen) atoms. The minimum absolute atomic E-state index is 0.421. The molecule has 2 aromatic rings. The van der Waals surface area contributed by atoms with E-state index in [0.717, 1.165) is 29.4 Å². The van der Waals surface area contributed by atoms with E-state index in [2.05, 4.69) is 36.4 Å². The Labute approximate surface area is 123 Å². The summed E-state index contributed by atoms with van der Waals surface area (Å²) >= 11 is 8.10. The second-order valence-electron chi connectivity index (χ2n) is 4.97. The van der Waals surface area contributed by atoms with Gasteiger partial charge in [-0.05, 0) is 39.3 Å². The Balaban J connectivity index is 1.91. The molecule has 0 aliphatic carbocycles. The van der Waals surface area contributed by atoms with E-state index in [1.165, 1.54) is 9.75 Å². The van der Waals surface area contributed by atoms with Crippen LogP contribution in [0.4, 0.5) is 0 Å². The fourth-order valence-electron chi connectivity index (χ4n) is 2.11. The first-order chi connectivity index (χ1) is 8.97. The fourth-order valence-corrected chi connectivity index (χ4v) is 3.36. The van der Waals surface area contributed by atoms with Crippen LogP contribution in [0.1, 0.15) is 28.1 Å². The third-order valence-electron chi connectivity index (χ3n) is 3.18. The van der Waals surface area contributed by atoms with Gasteiger partial charge in [0.25, 0.3) is 0 Å². The van der Waals surface area contributed by atoms with Crippen LogP contribution in [-0.2, 0) is 20.0 Å².